The van der Waals surface area contributed by atoms with E-state index in [9.17, 15) is 0 Å². The predicted octanol–water partition coefficient (Wildman–Crippen LogP) is 3.87. The molecule has 2 heteroatoms. The van der Waals surface area contributed by atoms with Crippen LogP contribution in [0.25, 0.3) is 11.0 Å². The molecule has 1 aromatic heterocycles. The van der Waals surface area contributed by atoms with E-state index in [0.29, 0.717) is 0 Å². The smallest absolute Gasteiger partial charge is 0.134 e. The van der Waals surface area contributed by atoms with Gasteiger partial charge in [-0.25, -0.2) is 0 Å². The van der Waals surface area contributed by atoms with Crippen LogP contribution in [-0.4, -0.2) is 0 Å². The molecule has 1 unspecified atom stereocenters. The zero-order valence-corrected chi connectivity index (χ0v) is 10.2. The maximum absolute atomic E-state index is 6.25. The second kappa shape index (κ2) is 3.95. The van der Waals surface area contributed by atoms with Crippen molar-refractivity contribution in [2.75, 3.05) is 0 Å². The van der Waals surface area contributed by atoms with Crippen molar-refractivity contribution in [1.82, 2.24) is 0 Å². The van der Waals surface area contributed by atoms with Gasteiger partial charge in [-0.1, -0.05) is 39.0 Å². The summed E-state index contributed by atoms with van der Waals surface area (Å²) in [6.45, 7) is 6.50. The summed E-state index contributed by atoms with van der Waals surface area (Å²) in [5, 5.41) is 1.12. The van der Waals surface area contributed by atoms with Crippen LogP contribution in [0.15, 0.2) is 34.7 Å². The highest BCUT2D eigenvalue weighted by atomic mass is 16.3. The quantitative estimate of drug-likeness (QED) is 0.847. The molecule has 2 N–H and O–H groups in total. The van der Waals surface area contributed by atoms with Gasteiger partial charge in [-0.2, -0.15) is 0 Å². The number of fused-ring (bicyclic) bond motifs is 1. The van der Waals surface area contributed by atoms with E-state index >= 15 is 0 Å². The summed E-state index contributed by atoms with van der Waals surface area (Å²) in [6, 6.07) is 10.0. The molecule has 1 atom stereocenters. The van der Waals surface area contributed by atoms with E-state index in [1.165, 1.54) is 0 Å². The number of hydrogen-bond donors (Lipinski definition) is 1. The number of hydrogen-bond acceptors (Lipinski definition) is 2. The Morgan fingerprint density at radius 3 is 2.62 bits per heavy atom. The SMILES string of the molecule is CCC(C)(C)C(N)c1cc2ccccc2o1. The first-order valence-electron chi connectivity index (χ1n) is 5.78. The maximum atomic E-state index is 6.25. The molecule has 0 saturated carbocycles. The lowest BCUT2D eigenvalue weighted by atomic mass is 9.81. The van der Waals surface area contributed by atoms with Crippen LogP contribution in [0, 0.1) is 5.41 Å². The second-order valence-corrected chi connectivity index (χ2v) is 5.01. The fourth-order valence-corrected chi connectivity index (χ4v) is 1.76. The fraction of sp³-hybridized carbons (Fsp3) is 0.429. The van der Waals surface area contributed by atoms with Crippen molar-refractivity contribution >= 4 is 11.0 Å². The summed E-state index contributed by atoms with van der Waals surface area (Å²) in [6.07, 6.45) is 1.03. The van der Waals surface area contributed by atoms with Gasteiger partial charge < -0.3 is 10.2 Å². The summed E-state index contributed by atoms with van der Waals surface area (Å²) in [5.74, 6) is 0.882. The molecule has 0 aliphatic rings. The molecule has 2 nitrogen and oxygen atoms in total. The number of nitrogens with two attached hydrogens (primary N) is 1. The van der Waals surface area contributed by atoms with Gasteiger partial charge in [-0.05, 0) is 24.0 Å². The van der Waals surface area contributed by atoms with Gasteiger partial charge >= 0.3 is 0 Å². The Balaban J connectivity index is 2.40. The van der Waals surface area contributed by atoms with E-state index < -0.39 is 0 Å². The largest absolute Gasteiger partial charge is 0.459 e. The lowest BCUT2D eigenvalue weighted by Gasteiger charge is -2.28. The molecule has 0 amide bonds. The minimum absolute atomic E-state index is 0.0510. The van der Waals surface area contributed by atoms with Crippen molar-refractivity contribution < 1.29 is 4.42 Å². The van der Waals surface area contributed by atoms with Gasteiger partial charge in [0, 0.05) is 5.39 Å². The molecule has 0 spiro atoms. The number of benzene rings is 1. The van der Waals surface area contributed by atoms with Gasteiger partial charge in [0.05, 0.1) is 6.04 Å². The first-order valence-corrected chi connectivity index (χ1v) is 5.78. The number of furan rings is 1. The Kier molecular flexibility index (Phi) is 2.76. The van der Waals surface area contributed by atoms with Gasteiger partial charge in [0.1, 0.15) is 11.3 Å². The molecule has 0 fully saturated rings. The Hall–Kier alpha value is -1.28. The third-order valence-corrected chi connectivity index (χ3v) is 3.50. The summed E-state index contributed by atoms with van der Waals surface area (Å²) in [5.41, 5.74) is 7.23. The number of rotatable bonds is 3. The topological polar surface area (TPSA) is 39.2 Å². The van der Waals surface area contributed by atoms with E-state index in [-0.39, 0.29) is 11.5 Å². The molecule has 0 aliphatic carbocycles. The van der Waals surface area contributed by atoms with Crippen LogP contribution in [0.5, 0.6) is 0 Å². The van der Waals surface area contributed by atoms with Crippen LogP contribution in [-0.2, 0) is 0 Å². The average molecular weight is 217 g/mol. The number of para-hydroxylation sites is 1. The van der Waals surface area contributed by atoms with E-state index in [1.807, 2.05) is 24.3 Å². The molecular weight excluding hydrogens is 198 g/mol. The van der Waals surface area contributed by atoms with Crippen molar-refractivity contribution in [3.05, 3.63) is 36.1 Å². The minimum Gasteiger partial charge on any atom is -0.459 e. The monoisotopic (exact) mass is 217 g/mol. The average Bonchev–Trinajstić information content (AvgIpc) is 2.71. The summed E-state index contributed by atoms with van der Waals surface area (Å²) >= 11 is 0. The summed E-state index contributed by atoms with van der Waals surface area (Å²) < 4.78 is 5.79. The lowest BCUT2D eigenvalue weighted by Crippen LogP contribution is -2.28. The molecule has 0 bridgehead atoms. The van der Waals surface area contributed by atoms with Crippen LogP contribution < -0.4 is 5.73 Å². The van der Waals surface area contributed by atoms with Gasteiger partial charge in [0.25, 0.3) is 0 Å². The first kappa shape index (κ1) is 11.2. The zero-order chi connectivity index (χ0) is 11.8. The summed E-state index contributed by atoms with van der Waals surface area (Å²) in [4.78, 5) is 0. The molecule has 1 aromatic carbocycles. The molecule has 0 aliphatic heterocycles. The van der Waals surface area contributed by atoms with Crippen LogP contribution >= 0.6 is 0 Å². The van der Waals surface area contributed by atoms with Crippen LogP contribution in [0.2, 0.25) is 0 Å². The minimum atomic E-state index is -0.0510. The maximum Gasteiger partial charge on any atom is 0.134 e. The molecule has 16 heavy (non-hydrogen) atoms. The van der Waals surface area contributed by atoms with E-state index in [1.54, 1.807) is 0 Å². The highest BCUT2D eigenvalue weighted by molar-refractivity contribution is 5.77. The first-order chi connectivity index (χ1) is 7.54. The van der Waals surface area contributed by atoms with E-state index in [2.05, 4.69) is 26.8 Å². The van der Waals surface area contributed by atoms with Gasteiger partial charge in [-0.15, -0.1) is 0 Å². The van der Waals surface area contributed by atoms with Crippen molar-refractivity contribution in [2.45, 2.75) is 33.2 Å². The Labute approximate surface area is 96.4 Å². The molecular formula is C14H19NO. The van der Waals surface area contributed by atoms with Crippen molar-refractivity contribution in [3.63, 3.8) is 0 Å². The van der Waals surface area contributed by atoms with Gasteiger partial charge in [0.15, 0.2) is 0 Å². The van der Waals surface area contributed by atoms with Crippen LogP contribution in [0.1, 0.15) is 39.0 Å². The van der Waals surface area contributed by atoms with Crippen LogP contribution in [0.3, 0.4) is 0 Å². The Morgan fingerprint density at radius 2 is 2.00 bits per heavy atom. The van der Waals surface area contributed by atoms with Gasteiger partial charge in [-0.3, -0.25) is 0 Å². The predicted molar refractivity (Wildman–Crippen MR) is 67.2 cm³/mol. The van der Waals surface area contributed by atoms with Crippen molar-refractivity contribution in [3.8, 4) is 0 Å². The highest BCUT2D eigenvalue weighted by Crippen LogP contribution is 2.36. The van der Waals surface area contributed by atoms with Gasteiger partial charge in [0.2, 0.25) is 0 Å². The Bertz CT molecular complexity index is 451. The molecule has 0 radical (unpaired) electrons. The molecule has 86 valence electrons. The molecule has 2 aromatic rings. The molecule has 0 saturated heterocycles. The van der Waals surface area contributed by atoms with Crippen molar-refractivity contribution in [1.29, 1.82) is 0 Å². The molecule has 1 heterocycles. The Morgan fingerprint density at radius 1 is 1.31 bits per heavy atom. The second-order valence-electron chi connectivity index (χ2n) is 5.01. The standard InChI is InChI=1S/C14H19NO/c1-4-14(2,3)13(15)12-9-10-7-5-6-8-11(10)16-12/h5-9,13H,4,15H2,1-3H3. The third-order valence-electron chi connectivity index (χ3n) is 3.50. The normalized spacial score (nSPS) is 14.2. The van der Waals surface area contributed by atoms with Crippen LogP contribution in [0.4, 0.5) is 0 Å². The molecule has 2 rings (SSSR count). The highest BCUT2D eigenvalue weighted by Gasteiger charge is 2.28. The summed E-state index contributed by atoms with van der Waals surface area (Å²) in [7, 11) is 0. The van der Waals surface area contributed by atoms with E-state index in [0.717, 1.165) is 23.2 Å². The zero-order valence-electron chi connectivity index (χ0n) is 10.2. The van der Waals surface area contributed by atoms with E-state index in [4.69, 9.17) is 10.2 Å². The third kappa shape index (κ3) is 1.85. The fourth-order valence-electron chi connectivity index (χ4n) is 1.76. The van der Waals surface area contributed by atoms with Crippen molar-refractivity contribution in [2.24, 2.45) is 11.1 Å². The lowest BCUT2D eigenvalue weighted by molar-refractivity contribution is 0.251.